The average Bonchev–Trinajstić information content (AvgIpc) is 2.18. The summed E-state index contributed by atoms with van der Waals surface area (Å²) in [6.45, 7) is 0.691. The molecule has 11 heavy (non-hydrogen) atoms. The number of carbonyl (C=O) groups excluding carboxylic acids is 1. The van der Waals surface area contributed by atoms with E-state index in [1.165, 1.54) is 0 Å². The summed E-state index contributed by atoms with van der Waals surface area (Å²) in [6, 6.07) is 0. The lowest BCUT2D eigenvalue weighted by Gasteiger charge is -2.07. The van der Waals surface area contributed by atoms with Crippen LogP contribution in [0.25, 0.3) is 0 Å². The molecular formula is C7H11NO3. The van der Waals surface area contributed by atoms with E-state index in [1.54, 1.807) is 11.9 Å². The van der Waals surface area contributed by atoms with Crippen molar-refractivity contribution < 1.29 is 14.7 Å². The van der Waals surface area contributed by atoms with Crippen LogP contribution >= 0.6 is 0 Å². The van der Waals surface area contributed by atoms with Crippen molar-refractivity contribution >= 4 is 11.9 Å². The molecule has 1 aliphatic heterocycles. The molecule has 1 amide bonds. The predicted octanol–water partition coefficient (Wildman–Crippen LogP) is -0.0606. The molecule has 1 aliphatic rings. The van der Waals surface area contributed by atoms with Crippen molar-refractivity contribution in [1.29, 1.82) is 0 Å². The lowest BCUT2D eigenvalue weighted by Crippen LogP contribution is -2.23. The van der Waals surface area contributed by atoms with E-state index < -0.39 is 5.97 Å². The number of aliphatic carboxylic acids is 1. The van der Waals surface area contributed by atoms with Crippen LogP contribution in [0.3, 0.4) is 0 Å². The highest BCUT2D eigenvalue weighted by atomic mass is 16.4. The second kappa shape index (κ2) is 2.90. The fourth-order valence-electron chi connectivity index (χ4n) is 1.29. The number of hydrogen-bond acceptors (Lipinski definition) is 2. The van der Waals surface area contributed by atoms with Gasteiger partial charge in [-0.3, -0.25) is 9.59 Å². The van der Waals surface area contributed by atoms with Crippen LogP contribution in [0.15, 0.2) is 0 Å². The highest BCUT2D eigenvalue weighted by Crippen LogP contribution is 2.19. The smallest absolute Gasteiger partial charge is 0.304 e. The maximum absolute atomic E-state index is 11.1. The molecule has 0 aromatic rings. The van der Waals surface area contributed by atoms with Gasteiger partial charge in [0.2, 0.25) is 5.91 Å². The molecule has 0 saturated carbocycles. The largest absolute Gasteiger partial charge is 0.481 e. The Balaban J connectivity index is 2.49. The van der Waals surface area contributed by atoms with Gasteiger partial charge in [0.05, 0.1) is 12.3 Å². The summed E-state index contributed by atoms with van der Waals surface area (Å²) in [5.41, 5.74) is 0. The van der Waals surface area contributed by atoms with E-state index in [1.807, 2.05) is 0 Å². The van der Waals surface area contributed by atoms with Gasteiger partial charge in [0.1, 0.15) is 0 Å². The Hall–Kier alpha value is -1.06. The van der Waals surface area contributed by atoms with Gasteiger partial charge in [-0.1, -0.05) is 0 Å². The summed E-state index contributed by atoms with van der Waals surface area (Å²) in [4.78, 5) is 22.9. The molecule has 0 unspecified atom stereocenters. The summed E-state index contributed by atoms with van der Waals surface area (Å²) in [6.07, 6.45) is 0.658. The minimum atomic E-state index is -0.890. The maximum atomic E-state index is 11.1. The monoisotopic (exact) mass is 157 g/mol. The summed E-state index contributed by atoms with van der Waals surface area (Å²) < 4.78 is 0. The van der Waals surface area contributed by atoms with Crippen molar-refractivity contribution in [3.63, 3.8) is 0 Å². The van der Waals surface area contributed by atoms with Crippen LogP contribution in [0.4, 0.5) is 0 Å². The molecule has 0 radical (unpaired) electrons. The first-order valence-corrected chi connectivity index (χ1v) is 3.58. The second-order valence-corrected chi connectivity index (χ2v) is 2.84. The number of carboxylic acids is 1. The fraction of sp³-hybridized carbons (Fsp3) is 0.714. The molecule has 0 bridgehead atoms. The van der Waals surface area contributed by atoms with E-state index in [2.05, 4.69) is 0 Å². The molecule has 1 saturated heterocycles. The van der Waals surface area contributed by atoms with Gasteiger partial charge >= 0.3 is 5.97 Å². The van der Waals surface area contributed by atoms with Gasteiger partial charge in [-0.25, -0.2) is 0 Å². The number of amides is 1. The molecule has 1 fully saturated rings. The van der Waals surface area contributed by atoms with Gasteiger partial charge < -0.3 is 10.0 Å². The SMILES string of the molecule is CN1CC[C@H](CC(=O)O)C1=O. The van der Waals surface area contributed by atoms with E-state index in [0.29, 0.717) is 13.0 Å². The van der Waals surface area contributed by atoms with Gasteiger partial charge in [0.25, 0.3) is 0 Å². The minimum Gasteiger partial charge on any atom is -0.481 e. The fourth-order valence-corrected chi connectivity index (χ4v) is 1.29. The number of hydrogen-bond donors (Lipinski definition) is 1. The first-order valence-electron chi connectivity index (χ1n) is 3.58. The van der Waals surface area contributed by atoms with Crippen molar-refractivity contribution in [3.05, 3.63) is 0 Å². The molecule has 4 nitrogen and oxygen atoms in total. The van der Waals surface area contributed by atoms with E-state index >= 15 is 0 Å². The van der Waals surface area contributed by atoms with Crippen molar-refractivity contribution in [2.45, 2.75) is 12.8 Å². The van der Waals surface area contributed by atoms with Gasteiger partial charge in [0, 0.05) is 13.6 Å². The molecule has 1 N–H and O–H groups in total. The van der Waals surface area contributed by atoms with Crippen LogP contribution in [-0.4, -0.2) is 35.5 Å². The molecule has 0 aromatic carbocycles. The topological polar surface area (TPSA) is 57.6 Å². The van der Waals surface area contributed by atoms with Crippen LogP contribution in [0.2, 0.25) is 0 Å². The standard InChI is InChI=1S/C7H11NO3/c1-8-3-2-5(7(8)11)4-6(9)10/h5H,2-4H2,1H3,(H,9,10)/t5-/m1/s1. The van der Waals surface area contributed by atoms with Crippen LogP contribution in [0.1, 0.15) is 12.8 Å². The number of nitrogens with zero attached hydrogens (tertiary/aromatic N) is 1. The molecule has 0 spiro atoms. The van der Waals surface area contributed by atoms with E-state index in [0.717, 1.165) is 0 Å². The Morgan fingerprint density at radius 2 is 2.45 bits per heavy atom. The molecule has 1 heterocycles. The normalized spacial score (nSPS) is 24.3. The first-order chi connectivity index (χ1) is 5.11. The summed E-state index contributed by atoms with van der Waals surface area (Å²) in [7, 11) is 1.70. The van der Waals surface area contributed by atoms with Crippen LogP contribution < -0.4 is 0 Å². The van der Waals surface area contributed by atoms with Crippen molar-refractivity contribution in [3.8, 4) is 0 Å². The summed E-state index contributed by atoms with van der Waals surface area (Å²) in [5, 5.41) is 8.41. The zero-order valence-corrected chi connectivity index (χ0v) is 6.41. The van der Waals surface area contributed by atoms with Crippen molar-refractivity contribution in [2.75, 3.05) is 13.6 Å². The Bertz CT molecular complexity index is 190. The minimum absolute atomic E-state index is 0.0246. The zero-order chi connectivity index (χ0) is 8.43. The molecule has 1 rings (SSSR count). The average molecular weight is 157 g/mol. The van der Waals surface area contributed by atoms with E-state index in [9.17, 15) is 9.59 Å². The van der Waals surface area contributed by atoms with Crippen molar-refractivity contribution in [1.82, 2.24) is 4.90 Å². The van der Waals surface area contributed by atoms with Crippen LogP contribution in [0, 0.1) is 5.92 Å². The van der Waals surface area contributed by atoms with Crippen molar-refractivity contribution in [2.24, 2.45) is 5.92 Å². The highest BCUT2D eigenvalue weighted by molar-refractivity contribution is 5.84. The molecular weight excluding hydrogens is 146 g/mol. The Kier molecular flexibility index (Phi) is 2.12. The third kappa shape index (κ3) is 1.69. The van der Waals surface area contributed by atoms with Gasteiger partial charge in [-0.2, -0.15) is 0 Å². The number of likely N-dealkylation sites (tertiary alicyclic amines) is 1. The van der Waals surface area contributed by atoms with E-state index in [4.69, 9.17) is 5.11 Å². The van der Waals surface area contributed by atoms with Crippen LogP contribution in [0.5, 0.6) is 0 Å². The molecule has 1 atom stereocenters. The lowest BCUT2D eigenvalue weighted by molar-refractivity contribution is -0.141. The summed E-state index contributed by atoms with van der Waals surface area (Å²) in [5.74, 6) is -1.21. The molecule has 62 valence electrons. The Morgan fingerprint density at radius 3 is 2.82 bits per heavy atom. The highest BCUT2D eigenvalue weighted by Gasteiger charge is 2.30. The molecule has 0 aliphatic carbocycles. The third-order valence-electron chi connectivity index (χ3n) is 1.96. The number of rotatable bonds is 2. The van der Waals surface area contributed by atoms with Crippen LogP contribution in [-0.2, 0) is 9.59 Å². The quantitative estimate of drug-likeness (QED) is 0.610. The Morgan fingerprint density at radius 1 is 1.82 bits per heavy atom. The van der Waals surface area contributed by atoms with Gasteiger partial charge in [-0.05, 0) is 6.42 Å². The Labute approximate surface area is 64.8 Å². The third-order valence-corrected chi connectivity index (χ3v) is 1.96. The second-order valence-electron chi connectivity index (χ2n) is 2.84. The van der Waals surface area contributed by atoms with E-state index in [-0.39, 0.29) is 18.2 Å². The zero-order valence-electron chi connectivity index (χ0n) is 6.41. The van der Waals surface area contributed by atoms with Gasteiger partial charge in [0.15, 0.2) is 0 Å². The molecule has 0 aromatic heterocycles. The van der Waals surface area contributed by atoms with Gasteiger partial charge in [-0.15, -0.1) is 0 Å². The molecule has 4 heteroatoms. The summed E-state index contributed by atoms with van der Waals surface area (Å²) >= 11 is 0. The maximum Gasteiger partial charge on any atom is 0.304 e. The number of carbonyl (C=O) groups is 2. The lowest BCUT2D eigenvalue weighted by atomic mass is 10.1. The predicted molar refractivity (Wildman–Crippen MR) is 38.0 cm³/mol. The number of carboxylic acid groups (broad SMARTS) is 1. The first kappa shape index (κ1) is 8.04.